The van der Waals surface area contributed by atoms with Gasteiger partial charge in [0.1, 0.15) is 5.38 Å². The van der Waals surface area contributed by atoms with Gasteiger partial charge in [0.15, 0.2) is 10.5 Å². The van der Waals surface area contributed by atoms with Crippen molar-refractivity contribution in [2.75, 3.05) is 0 Å². The fraction of sp³-hybridized carbons (Fsp3) is 0.0833. The van der Waals surface area contributed by atoms with E-state index in [0.717, 1.165) is 5.56 Å². The van der Waals surface area contributed by atoms with Crippen molar-refractivity contribution in [3.8, 4) is 0 Å². The molecule has 0 saturated heterocycles. The first kappa shape index (κ1) is 11.4. The minimum Gasteiger partial charge on any atom is -0.457 e. The van der Waals surface area contributed by atoms with Crippen molar-refractivity contribution in [3.05, 3.63) is 58.5 Å². The molecule has 2 nitrogen and oxygen atoms in total. The summed E-state index contributed by atoms with van der Waals surface area (Å²) in [5.41, 5.74) is 1.24. The maximum absolute atomic E-state index is 12.0. The molecule has 2 rings (SSSR count). The lowest BCUT2D eigenvalue weighted by Gasteiger charge is -2.07. The maximum atomic E-state index is 12.0. The van der Waals surface area contributed by atoms with E-state index in [9.17, 15) is 4.79 Å². The number of furan rings is 1. The van der Waals surface area contributed by atoms with Crippen LogP contribution in [0.5, 0.6) is 0 Å². The molecule has 82 valence electrons. The van der Waals surface area contributed by atoms with Gasteiger partial charge in [-0.05, 0) is 27.6 Å². The summed E-state index contributed by atoms with van der Waals surface area (Å²) < 4.78 is 5.42. The summed E-state index contributed by atoms with van der Waals surface area (Å²) in [5.74, 6) is -0.173. The number of benzene rings is 1. The first-order valence-corrected chi connectivity index (χ1v) is 5.89. The lowest BCUT2D eigenvalue weighted by atomic mass is 10.1. The van der Waals surface area contributed by atoms with Crippen LogP contribution in [0.25, 0.3) is 0 Å². The Balaban J connectivity index is 2.27. The highest BCUT2D eigenvalue weighted by Crippen LogP contribution is 2.28. The largest absolute Gasteiger partial charge is 0.457 e. The van der Waals surface area contributed by atoms with Gasteiger partial charge >= 0.3 is 0 Å². The van der Waals surface area contributed by atoms with E-state index in [1.54, 1.807) is 6.07 Å². The van der Waals surface area contributed by atoms with E-state index in [2.05, 4.69) is 15.9 Å². The second kappa shape index (κ2) is 4.85. The van der Waals surface area contributed by atoms with Gasteiger partial charge in [0.25, 0.3) is 0 Å². The normalized spacial score (nSPS) is 12.4. The molecule has 1 aromatic heterocycles. The number of hydrogen-bond acceptors (Lipinski definition) is 2. The fourth-order valence-corrected chi connectivity index (χ4v) is 2.08. The van der Waals surface area contributed by atoms with E-state index in [-0.39, 0.29) is 5.78 Å². The van der Waals surface area contributed by atoms with Gasteiger partial charge in [-0.2, -0.15) is 0 Å². The standard InChI is InChI=1S/C12H8BrClO2/c13-12-9(6-7-16-12)11(15)10(14)8-4-2-1-3-5-8/h1-7,10H. The molecule has 0 fully saturated rings. The molecule has 0 radical (unpaired) electrons. The first-order valence-electron chi connectivity index (χ1n) is 4.66. The summed E-state index contributed by atoms with van der Waals surface area (Å²) in [6.45, 7) is 0. The number of rotatable bonds is 3. The monoisotopic (exact) mass is 298 g/mol. The Morgan fingerprint density at radius 1 is 1.25 bits per heavy atom. The molecular weight excluding hydrogens is 291 g/mol. The van der Waals surface area contributed by atoms with Gasteiger partial charge in [0.05, 0.1) is 11.8 Å². The van der Waals surface area contributed by atoms with Crippen LogP contribution in [0.4, 0.5) is 0 Å². The number of ketones is 1. The van der Waals surface area contributed by atoms with Crippen molar-refractivity contribution >= 4 is 33.3 Å². The Hall–Kier alpha value is -1.06. The average molecular weight is 300 g/mol. The van der Waals surface area contributed by atoms with Crippen LogP contribution in [0, 0.1) is 0 Å². The van der Waals surface area contributed by atoms with E-state index in [0.29, 0.717) is 10.2 Å². The SMILES string of the molecule is O=C(c1ccoc1Br)C(Cl)c1ccccc1. The Labute approximate surface area is 106 Å². The molecule has 16 heavy (non-hydrogen) atoms. The number of hydrogen-bond donors (Lipinski definition) is 0. The van der Waals surface area contributed by atoms with Gasteiger partial charge in [0.2, 0.25) is 0 Å². The van der Waals surface area contributed by atoms with E-state index in [1.165, 1.54) is 6.26 Å². The van der Waals surface area contributed by atoms with Crippen LogP contribution in [-0.2, 0) is 0 Å². The fourth-order valence-electron chi connectivity index (χ4n) is 1.38. The lowest BCUT2D eigenvalue weighted by Crippen LogP contribution is -2.06. The van der Waals surface area contributed by atoms with Crippen molar-refractivity contribution in [2.45, 2.75) is 5.38 Å². The van der Waals surface area contributed by atoms with E-state index >= 15 is 0 Å². The predicted molar refractivity (Wildman–Crippen MR) is 65.8 cm³/mol. The van der Waals surface area contributed by atoms with Gasteiger partial charge in [-0.1, -0.05) is 30.3 Å². The zero-order valence-corrected chi connectivity index (χ0v) is 10.5. The third-order valence-corrected chi connectivity index (χ3v) is 3.27. The zero-order valence-electron chi connectivity index (χ0n) is 8.19. The number of alkyl halides is 1. The first-order chi connectivity index (χ1) is 7.70. The Morgan fingerprint density at radius 2 is 1.94 bits per heavy atom. The number of carbonyl (C=O) groups excluding carboxylic acids is 1. The van der Waals surface area contributed by atoms with Gasteiger partial charge in [-0.25, -0.2) is 0 Å². The van der Waals surface area contributed by atoms with Gasteiger partial charge in [-0.3, -0.25) is 4.79 Å². The molecule has 1 heterocycles. The van der Waals surface area contributed by atoms with Gasteiger partial charge < -0.3 is 4.42 Å². The summed E-state index contributed by atoms with van der Waals surface area (Å²) in [4.78, 5) is 12.0. The molecule has 0 bridgehead atoms. The van der Waals surface area contributed by atoms with Crippen molar-refractivity contribution in [2.24, 2.45) is 0 Å². The number of Topliss-reactive ketones (excluding diaryl/α,β-unsaturated/α-hetero) is 1. The zero-order chi connectivity index (χ0) is 11.5. The summed E-state index contributed by atoms with van der Waals surface area (Å²) in [7, 11) is 0. The number of halogens is 2. The summed E-state index contributed by atoms with van der Waals surface area (Å²) in [6, 6.07) is 10.8. The molecule has 0 N–H and O–H groups in total. The van der Waals surface area contributed by atoms with Crippen LogP contribution >= 0.6 is 27.5 Å². The Kier molecular flexibility index (Phi) is 3.46. The van der Waals surface area contributed by atoms with Crippen molar-refractivity contribution in [1.82, 2.24) is 0 Å². The van der Waals surface area contributed by atoms with E-state index < -0.39 is 5.38 Å². The quantitative estimate of drug-likeness (QED) is 0.628. The van der Waals surface area contributed by atoms with Crippen LogP contribution in [0.2, 0.25) is 0 Å². The van der Waals surface area contributed by atoms with Crippen molar-refractivity contribution in [3.63, 3.8) is 0 Å². The molecule has 0 aliphatic heterocycles. The second-order valence-electron chi connectivity index (χ2n) is 3.25. The molecular formula is C12H8BrClO2. The molecule has 1 aromatic carbocycles. The summed E-state index contributed by atoms with van der Waals surface area (Å²) >= 11 is 9.27. The third-order valence-electron chi connectivity index (χ3n) is 2.21. The Bertz CT molecular complexity index is 493. The Morgan fingerprint density at radius 3 is 2.50 bits per heavy atom. The topological polar surface area (TPSA) is 30.2 Å². The molecule has 2 aromatic rings. The minimum atomic E-state index is -0.685. The smallest absolute Gasteiger partial charge is 0.189 e. The van der Waals surface area contributed by atoms with Crippen LogP contribution in [0.3, 0.4) is 0 Å². The highest BCUT2D eigenvalue weighted by Gasteiger charge is 2.22. The average Bonchev–Trinajstić information content (AvgIpc) is 2.75. The summed E-state index contributed by atoms with van der Waals surface area (Å²) in [5, 5.41) is -0.685. The predicted octanol–water partition coefficient (Wildman–Crippen LogP) is 4.20. The van der Waals surface area contributed by atoms with Gasteiger partial charge in [0, 0.05) is 0 Å². The minimum absolute atomic E-state index is 0.173. The highest BCUT2D eigenvalue weighted by atomic mass is 79.9. The molecule has 0 amide bonds. The van der Waals surface area contributed by atoms with Crippen molar-refractivity contribution < 1.29 is 9.21 Å². The van der Waals surface area contributed by atoms with Crippen LogP contribution in [0.1, 0.15) is 21.3 Å². The molecule has 1 atom stereocenters. The maximum Gasteiger partial charge on any atom is 0.189 e. The van der Waals surface area contributed by atoms with Crippen LogP contribution in [0.15, 0.2) is 51.7 Å². The second-order valence-corrected chi connectivity index (χ2v) is 4.40. The molecule has 0 aliphatic carbocycles. The molecule has 0 aliphatic rings. The number of carbonyl (C=O) groups is 1. The molecule has 4 heteroatoms. The van der Waals surface area contributed by atoms with Crippen molar-refractivity contribution in [1.29, 1.82) is 0 Å². The molecule has 0 spiro atoms. The van der Waals surface area contributed by atoms with Crippen LogP contribution in [-0.4, -0.2) is 5.78 Å². The molecule has 0 saturated carbocycles. The molecule has 1 unspecified atom stereocenters. The van der Waals surface area contributed by atoms with Gasteiger partial charge in [-0.15, -0.1) is 11.6 Å². The highest BCUT2D eigenvalue weighted by molar-refractivity contribution is 9.10. The van der Waals surface area contributed by atoms with Crippen LogP contribution < -0.4 is 0 Å². The van der Waals surface area contributed by atoms with E-state index in [1.807, 2.05) is 30.3 Å². The third kappa shape index (κ3) is 2.20. The van der Waals surface area contributed by atoms with E-state index in [4.69, 9.17) is 16.0 Å². The lowest BCUT2D eigenvalue weighted by molar-refractivity contribution is 0.0985. The summed E-state index contributed by atoms with van der Waals surface area (Å²) in [6.07, 6.45) is 1.45.